The summed E-state index contributed by atoms with van der Waals surface area (Å²) in [7, 11) is 0. The van der Waals surface area contributed by atoms with Crippen molar-refractivity contribution in [2.24, 2.45) is 4.99 Å². The zero-order chi connectivity index (χ0) is 13.7. The van der Waals surface area contributed by atoms with Crippen LogP contribution in [0.3, 0.4) is 0 Å². The molecule has 0 amide bonds. The first-order valence-electron chi connectivity index (χ1n) is 5.91. The molecule has 0 saturated heterocycles. The summed E-state index contributed by atoms with van der Waals surface area (Å²) in [5.41, 5.74) is 1.59. The van der Waals surface area contributed by atoms with E-state index in [2.05, 4.69) is 4.99 Å². The van der Waals surface area contributed by atoms with Crippen molar-refractivity contribution in [2.75, 3.05) is 6.61 Å². The molecule has 0 saturated carbocycles. The molecule has 0 radical (unpaired) electrons. The molecule has 0 fully saturated rings. The first-order chi connectivity index (χ1) is 9.20. The minimum absolute atomic E-state index is 0.526. The van der Waals surface area contributed by atoms with Gasteiger partial charge in [-0.2, -0.15) is 0 Å². The summed E-state index contributed by atoms with van der Waals surface area (Å²) in [5.74, 6) is 0.804. The number of ether oxygens (including phenoxy) is 1. The Morgan fingerprint density at radius 1 is 1.16 bits per heavy atom. The van der Waals surface area contributed by atoms with Gasteiger partial charge in [0.05, 0.1) is 17.3 Å². The fraction of sp³-hybridized carbons (Fsp3) is 0.133. The number of benzene rings is 2. The maximum Gasteiger partial charge on any atom is 0.128 e. The van der Waals surface area contributed by atoms with Crippen LogP contribution in [-0.4, -0.2) is 12.8 Å². The van der Waals surface area contributed by atoms with Gasteiger partial charge in [-0.15, -0.1) is 0 Å². The minimum Gasteiger partial charge on any atom is -0.493 e. The molecule has 2 aromatic rings. The molecule has 4 heteroatoms. The van der Waals surface area contributed by atoms with E-state index in [-0.39, 0.29) is 0 Å². The molecule has 0 bridgehead atoms. The van der Waals surface area contributed by atoms with Gasteiger partial charge in [0.25, 0.3) is 0 Å². The smallest absolute Gasteiger partial charge is 0.128 e. The molecule has 0 N–H and O–H groups in total. The Morgan fingerprint density at radius 3 is 2.68 bits per heavy atom. The van der Waals surface area contributed by atoms with E-state index in [0.717, 1.165) is 11.3 Å². The van der Waals surface area contributed by atoms with Gasteiger partial charge in [-0.1, -0.05) is 35.3 Å². The number of aliphatic imine (C=N–C) groups is 1. The molecule has 2 rings (SSSR count). The van der Waals surface area contributed by atoms with Crippen molar-refractivity contribution in [1.29, 1.82) is 0 Å². The van der Waals surface area contributed by atoms with Gasteiger partial charge in [0.15, 0.2) is 0 Å². The van der Waals surface area contributed by atoms with Crippen LogP contribution in [0.4, 0.5) is 5.69 Å². The predicted molar refractivity (Wildman–Crippen MR) is 81.3 cm³/mol. The highest BCUT2D eigenvalue weighted by Gasteiger charge is 2.01. The number of hydrogen-bond acceptors (Lipinski definition) is 2. The molecule has 0 aliphatic carbocycles. The maximum absolute atomic E-state index is 6.07. The highest BCUT2D eigenvalue weighted by molar-refractivity contribution is 6.36. The van der Waals surface area contributed by atoms with Crippen molar-refractivity contribution in [1.82, 2.24) is 0 Å². The van der Waals surface area contributed by atoms with Gasteiger partial charge < -0.3 is 4.74 Å². The monoisotopic (exact) mass is 293 g/mol. The van der Waals surface area contributed by atoms with Crippen LogP contribution in [0.2, 0.25) is 10.0 Å². The molecular formula is C15H13Cl2NO. The summed E-state index contributed by atoms with van der Waals surface area (Å²) in [6.07, 6.45) is 1.74. The average Bonchev–Trinajstić information content (AvgIpc) is 2.40. The largest absolute Gasteiger partial charge is 0.493 e. The van der Waals surface area contributed by atoms with Crippen LogP contribution < -0.4 is 4.74 Å². The summed E-state index contributed by atoms with van der Waals surface area (Å²) in [6, 6.07) is 12.9. The fourth-order valence-corrected chi connectivity index (χ4v) is 2.06. The van der Waals surface area contributed by atoms with Crippen LogP contribution in [0.15, 0.2) is 47.5 Å². The molecule has 0 heterocycles. The van der Waals surface area contributed by atoms with Crippen LogP contribution in [0.5, 0.6) is 5.75 Å². The van der Waals surface area contributed by atoms with Gasteiger partial charge in [-0.25, -0.2) is 0 Å². The summed E-state index contributed by atoms with van der Waals surface area (Å²) in [4.78, 5) is 4.36. The maximum atomic E-state index is 6.07. The van der Waals surface area contributed by atoms with Crippen LogP contribution in [0.1, 0.15) is 12.5 Å². The van der Waals surface area contributed by atoms with Gasteiger partial charge in [0.1, 0.15) is 5.75 Å². The normalized spacial score (nSPS) is 10.9. The lowest BCUT2D eigenvalue weighted by molar-refractivity contribution is 0.340. The summed E-state index contributed by atoms with van der Waals surface area (Å²) >= 11 is 11.9. The standard InChI is InChI=1S/C15H13Cl2NO/c1-2-19-15-6-4-3-5-11(15)10-18-14-8-7-12(16)9-13(14)17/h3-10H,2H2,1H3. The topological polar surface area (TPSA) is 21.6 Å². The van der Waals surface area contributed by atoms with Crippen LogP contribution in [0.25, 0.3) is 0 Å². The van der Waals surface area contributed by atoms with E-state index in [1.165, 1.54) is 0 Å². The number of hydrogen-bond donors (Lipinski definition) is 0. The lowest BCUT2D eigenvalue weighted by Crippen LogP contribution is -1.95. The number of halogens is 2. The van der Waals surface area contributed by atoms with Gasteiger partial charge in [0.2, 0.25) is 0 Å². The van der Waals surface area contributed by atoms with E-state index in [9.17, 15) is 0 Å². The van der Waals surface area contributed by atoms with Gasteiger partial charge >= 0.3 is 0 Å². The van der Waals surface area contributed by atoms with Crippen LogP contribution >= 0.6 is 23.2 Å². The molecule has 98 valence electrons. The zero-order valence-electron chi connectivity index (χ0n) is 10.4. The highest BCUT2D eigenvalue weighted by atomic mass is 35.5. The Bertz CT molecular complexity index is 596. The Balaban J connectivity index is 2.27. The number of nitrogens with zero attached hydrogens (tertiary/aromatic N) is 1. The molecule has 0 aromatic heterocycles. The second-order valence-corrected chi connectivity index (χ2v) is 4.67. The van der Waals surface area contributed by atoms with E-state index in [1.54, 1.807) is 24.4 Å². The Kier molecular flexibility index (Phi) is 4.83. The van der Waals surface area contributed by atoms with E-state index in [0.29, 0.717) is 22.3 Å². The summed E-state index contributed by atoms with van der Waals surface area (Å²) < 4.78 is 5.53. The molecule has 0 aliphatic heterocycles. The molecule has 19 heavy (non-hydrogen) atoms. The summed E-state index contributed by atoms with van der Waals surface area (Å²) in [5, 5.41) is 1.12. The van der Waals surface area contributed by atoms with Gasteiger partial charge in [-0.3, -0.25) is 4.99 Å². The van der Waals surface area contributed by atoms with Crippen molar-refractivity contribution >= 4 is 35.1 Å². The molecular weight excluding hydrogens is 281 g/mol. The third-order valence-electron chi connectivity index (χ3n) is 2.47. The molecule has 0 unspecified atom stereocenters. The first kappa shape index (κ1) is 13.9. The van der Waals surface area contributed by atoms with Crippen molar-refractivity contribution in [2.45, 2.75) is 6.92 Å². The Labute approximate surface area is 122 Å². The van der Waals surface area contributed by atoms with Gasteiger partial charge in [0, 0.05) is 16.8 Å². The van der Waals surface area contributed by atoms with Crippen LogP contribution in [-0.2, 0) is 0 Å². The first-order valence-corrected chi connectivity index (χ1v) is 6.67. The second-order valence-electron chi connectivity index (χ2n) is 3.82. The quantitative estimate of drug-likeness (QED) is 0.715. The van der Waals surface area contributed by atoms with Crippen molar-refractivity contribution in [3.63, 3.8) is 0 Å². The van der Waals surface area contributed by atoms with Crippen molar-refractivity contribution in [3.8, 4) is 5.75 Å². The van der Waals surface area contributed by atoms with E-state index in [4.69, 9.17) is 27.9 Å². The molecule has 2 nitrogen and oxygen atoms in total. The Hall–Kier alpha value is -1.51. The summed E-state index contributed by atoms with van der Waals surface area (Å²) in [6.45, 7) is 2.57. The third-order valence-corrected chi connectivity index (χ3v) is 3.01. The number of rotatable bonds is 4. The third kappa shape index (κ3) is 3.72. The zero-order valence-corrected chi connectivity index (χ0v) is 11.9. The average molecular weight is 294 g/mol. The van der Waals surface area contributed by atoms with Gasteiger partial charge in [-0.05, 0) is 37.3 Å². The predicted octanol–water partition coefficient (Wildman–Crippen LogP) is 5.14. The van der Waals surface area contributed by atoms with E-state index < -0.39 is 0 Å². The highest BCUT2D eigenvalue weighted by Crippen LogP contribution is 2.28. The fourth-order valence-electron chi connectivity index (χ4n) is 1.60. The molecule has 0 atom stereocenters. The van der Waals surface area contributed by atoms with E-state index in [1.807, 2.05) is 31.2 Å². The van der Waals surface area contributed by atoms with Crippen LogP contribution in [0, 0.1) is 0 Å². The lowest BCUT2D eigenvalue weighted by atomic mass is 10.2. The Morgan fingerprint density at radius 2 is 1.95 bits per heavy atom. The number of para-hydroxylation sites is 1. The second kappa shape index (κ2) is 6.60. The molecule has 2 aromatic carbocycles. The van der Waals surface area contributed by atoms with Crippen molar-refractivity contribution < 1.29 is 4.74 Å². The minimum atomic E-state index is 0.526. The van der Waals surface area contributed by atoms with Crippen molar-refractivity contribution in [3.05, 3.63) is 58.1 Å². The SMILES string of the molecule is CCOc1ccccc1C=Nc1ccc(Cl)cc1Cl. The lowest BCUT2D eigenvalue weighted by Gasteiger charge is -2.06. The van der Waals surface area contributed by atoms with E-state index >= 15 is 0 Å². The molecule has 0 aliphatic rings. The molecule has 0 spiro atoms.